The molecule has 0 unspecified atom stereocenters. The van der Waals surface area contributed by atoms with Crippen LogP contribution >= 0.6 is 0 Å². The fraction of sp³-hybridized carbons (Fsp3) is 0.625. The molecule has 0 amide bonds. The molecule has 4 rings (SSSR count). The molecule has 5 nitrogen and oxygen atoms in total. The topological polar surface area (TPSA) is 76.0 Å². The van der Waals surface area contributed by atoms with Gasteiger partial charge < -0.3 is 19.7 Å². The van der Waals surface area contributed by atoms with E-state index in [0.29, 0.717) is 6.61 Å². The third-order valence-electron chi connectivity index (χ3n) is 8.55. The van der Waals surface area contributed by atoms with Crippen molar-refractivity contribution in [1.82, 2.24) is 0 Å². The lowest BCUT2D eigenvalue weighted by Gasteiger charge is -2.59. The van der Waals surface area contributed by atoms with Crippen LogP contribution in [0.2, 0.25) is 0 Å². The monoisotopic (exact) mass is 400 g/mol. The van der Waals surface area contributed by atoms with Gasteiger partial charge in [-0.2, -0.15) is 0 Å². The second-order valence-electron chi connectivity index (χ2n) is 10.1. The lowest BCUT2D eigenvalue weighted by atomic mass is 9.46. The second-order valence-corrected chi connectivity index (χ2v) is 10.1. The molecule has 0 spiro atoms. The Morgan fingerprint density at radius 2 is 1.86 bits per heavy atom. The Kier molecular flexibility index (Phi) is 4.82. The van der Waals surface area contributed by atoms with Gasteiger partial charge in [0.2, 0.25) is 0 Å². The summed E-state index contributed by atoms with van der Waals surface area (Å²) in [6, 6.07) is 6.66. The fourth-order valence-electron chi connectivity index (χ4n) is 6.68. The Hall–Kier alpha value is -1.85. The van der Waals surface area contributed by atoms with Gasteiger partial charge >= 0.3 is 5.97 Å². The number of benzene rings is 1. The predicted octanol–water partition coefficient (Wildman–Crippen LogP) is 4.13. The van der Waals surface area contributed by atoms with Crippen LogP contribution in [0.3, 0.4) is 0 Å². The van der Waals surface area contributed by atoms with Crippen molar-refractivity contribution in [3.8, 4) is 5.75 Å². The number of ether oxygens (including phenoxy) is 2. The van der Waals surface area contributed by atoms with E-state index in [-0.39, 0.29) is 45.9 Å². The number of phenolic OH excluding ortho intramolecular Hbond substituents is 1. The average Bonchev–Trinajstić information content (AvgIpc) is 3.12. The highest BCUT2D eigenvalue weighted by Gasteiger charge is 2.74. The number of rotatable bonds is 3. The maximum absolute atomic E-state index is 12.7. The molecule has 1 saturated heterocycles. The molecule has 1 aromatic rings. The first-order valence-corrected chi connectivity index (χ1v) is 10.6. The molecule has 6 atom stereocenters. The van der Waals surface area contributed by atoms with Crippen molar-refractivity contribution in [2.45, 2.75) is 59.4 Å². The van der Waals surface area contributed by atoms with Crippen LogP contribution in [0.1, 0.15) is 52.5 Å². The highest BCUT2D eigenvalue weighted by Crippen LogP contribution is 2.73. The van der Waals surface area contributed by atoms with Gasteiger partial charge in [0.25, 0.3) is 0 Å². The van der Waals surface area contributed by atoms with Crippen molar-refractivity contribution in [3.63, 3.8) is 0 Å². The van der Waals surface area contributed by atoms with E-state index in [1.165, 1.54) is 6.08 Å². The quantitative estimate of drug-likeness (QED) is 0.589. The van der Waals surface area contributed by atoms with Crippen molar-refractivity contribution in [2.75, 3.05) is 6.61 Å². The lowest BCUT2D eigenvalue weighted by molar-refractivity contribution is -0.193. The average molecular weight is 401 g/mol. The molecule has 158 valence electrons. The van der Waals surface area contributed by atoms with Crippen LogP contribution in [0.5, 0.6) is 5.75 Å². The molecule has 2 saturated carbocycles. The van der Waals surface area contributed by atoms with Gasteiger partial charge in [0.1, 0.15) is 11.9 Å². The van der Waals surface area contributed by atoms with Crippen LogP contribution in [0.15, 0.2) is 30.3 Å². The first kappa shape index (κ1) is 20.4. The molecule has 3 aliphatic rings. The number of aromatic hydroxyl groups is 1. The minimum absolute atomic E-state index is 0.00315. The number of hydrogen-bond acceptors (Lipinski definition) is 5. The largest absolute Gasteiger partial charge is 0.508 e. The Morgan fingerprint density at radius 3 is 2.55 bits per heavy atom. The first-order chi connectivity index (χ1) is 13.6. The van der Waals surface area contributed by atoms with E-state index in [4.69, 9.17) is 9.47 Å². The van der Waals surface area contributed by atoms with Gasteiger partial charge in [-0.05, 0) is 47.4 Å². The van der Waals surface area contributed by atoms with Gasteiger partial charge in [0, 0.05) is 23.3 Å². The van der Waals surface area contributed by atoms with Crippen molar-refractivity contribution < 1.29 is 24.5 Å². The molecule has 5 heteroatoms. The molecular weight excluding hydrogens is 368 g/mol. The summed E-state index contributed by atoms with van der Waals surface area (Å²) in [7, 11) is 0. The molecule has 0 bridgehead atoms. The van der Waals surface area contributed by atoms with E-state index in [1.807, 2.05) is 0 Å². The number of aliphatic hydroxyl groups excluding tert-OH is 1. The van der Waals surface area contributed by atoms with Crippen LogP contribution in [0.4, 0.5) is 0 Å². The molecule has 0 aromatic heterocycles. The summed E-state index contributed by atoms with van der Waals surface area (Å²) < 4.78 is 11.7. The predicted molar refractivity (Wildman–Crippen MR) is 110 cm³/mol. The zero-order valence-corrected chi connectivity index (χ0v) is 17.7. The zero-order chi connectivity index (χ0) is 21.0. The minimum Gasteiger partial charge on any atom is -0.508 e. The van der Waals surface area contributed by atoms with E-state index >= 15 is 0 Å². The van der Waals surface area contributed by atoms with Gasteiger partial charge in [0.05, 0.1) is 6.61 Å². The molecular formula is C24H32O5. The number of aliphatic hydroxyl groups is 1. The van der Waals surface area contributed by atoms with Crippen LogP contribution in [-0.4, -0.2) is 35.2 Å². The maximum Gasteiger partial charge on any atom is 0.331 e. The van der Waals surface area contributed by atoms with Crippen molar-refractivity contribution in [3.05, 3.63) is 35.9 Å². The molecule has 1 aliphatic heterocycles. The maximum atomic E-state index is 12.7. The third-order valence-corrected chi connectivity index (χ3v) is 8.55. The smallest absolute Gasteiger partial charge is 0.331 e. The van der Waals surface area contributed by atoms with E-state index in [2.05, 4.69) is 27.7 Å². The summed E-state index contributed by atoms with van der Waals surface area (Å²) in [6.07, 6.45) is 5.21. The molecule has 2 N–H and O–H groups in total. The van der Waals surface area contributed by atoms with Gasteiger partial charge in [-0.3, -0.25) is 0 Å². The van der Waals surface area contributed by atoms with Crippen LogP contribution in [-0.2, 0) is 14.3 Å². The summed E-state index contributed by atoms with van der Waals surface area (Å²) in [5.41, 5.74) is 0.431. The molecule has 1 heterocycles. The highest BCUT2D eigenvalue weighted by molar-refractivity contribution is 5.87. The van der Waals surface area contributed by atoms with Gasteiger partial charge in [0.15, 0.2) is 6.29 Å². The number of esters is 1. The Labute approximate surface area is 172 Å². The lowest BCUT2D eigenvalue weighted by Crippen LogP contribution is -2.56. The summed E-state index contributed by atoms with van der Waals surface area (Å²) in [5, 5.41) is 20.1. The van der Waals surface area contributed by atoms with Gasteiger partial charge in [-0.25, -0.2) is 4.79 Å². The fourth-order valence-corrected chi connectivity index (χ4v) is 6.68. The van der Waals surface area contributed by atoms with Crippen molar-refractivity contribution in [1.29, 1.82) is 0 Å². The molecule has 0 radical (unpaired) electrons. The summed E-state index contributed by atoms with van der Waals surface area (Å²) >= 11 is 0. The summed E-state index contributed by atoms with van der Waals surface area (Å²) in [4.78, 5) is 12.7. The van der Waals surface area contributed by atoms with E-state index in [0.717, 1.165) is 24.8 Å². The summed E-state index contributed by atoms with van der Waals surface area (Å²) in [6.45, 7) is 9.48. The number of fused-ring (bicyclic) bond motifs is 3. The Balaban J connectivity index is 1.61. The molecule has 29 heavy (non-hydrogen) atoms. The highest BCUT2D eigenvalue weighted by atomic mass is 16.6. The number of carbonyl (C=O) groups excluding carboxylic acids is 1. The molecule has 1 aromatic carbocycles. The van der Waals surface area contributed by atoms with Crippen LogP contribution in [0.25, 0.3) is 6.08 Å². The van der Waals surface area contributed by atoms with Crippen LogP contribution in [0, 0.1) is 28.1 Å². The standard InChI is InChI=1S/C24H32O5/c1-22(2)12-5-13-23(3)20(17-14-28-21(27)19(17)24(22,23)4)29-18(26)11-8-15-6-9-16(25)10-7-15/h6-11,17,19-21,25,27H,5,12-14H2,1-4H3/b11-8-/t17-,19-,20+,21-,23+,24+/m0/s1. The zero-order valence-electron chi connectivity index (χ0n) is 17.7. The Bertz CT molecular complexity index is 813. The molecule has 3 fully saturated rings. The number of phenols is 1. The number of hydrogen-bond donors (Lipinski definition) is 2. The van der Waals surface area contributed by atoms with Gasteiger partial charge in [-0.1, -0.05) is 46.2 Å². The van der Waals surface area contributed by atoms with E-state index in [1.54, 1.807) is 30.3 Å². The number of carbonyl (C=O) groups is 1. The summed E-state index contributed by atoms with van der Waals surface area (Å²) in [5.74, 6) is -0.226. The third kappa shape index (κ3) is 2.93. The normalized spacial score (nSPS) is 40.6. The van der Waals surface area contributed by atoms with E-state index in [9.17, 15) is 15.0 Å². The minimum atomic E-state index is -0.807. The molecule has 2 aliphatic carbocycles. The SMILES string of the molecule is CC1(C)CCC[C@]2(C)[C@H](OC(=O)/C=C\c3ccc(O)cc3)[C@H]3CO[C@H](O)[C@H]3[C@]12C. The Morgan fingerprint density at radius 1 is 1.17 bits per heavy atom. The van der Waals surface area contributed by atoms with Crippen molar-refractivity contribution in [2.24, 2.45) is 28.1 Å². The first-order valence-electron chi connectivity index (χ1n) is 10.6. The van der Waals surface area contributed by atoms with Crippen molar-refractivity contribution >= 4 is 12.0 Å². The van der Waals surface area contributed by atoms with Crippen LogP contribution < -0.4 is 0 Å². The second kappa shape index (κ2) is 6.85. The van der Waals surface area contributed by atoms with E-state index < -0.39 is 6.29 Å². The van der Waals surface area contributed by atoms with Gasteiger partial charge in [-0.15, -0.1) is 0 Å².